The van der Waals surface area contributed by atoms with Gasteiger partial charge in [-0.1, -0.05) is 44.3 Å². The highest BCUT2D eigenvalue weighted by Gasteiger charge is 2.63. The number of amides is 1. The van der Waals surface area contributed by atoms with E-state index in [1.54, 1.807) is 0 Å². The molecule has 0 saturated heterocycles. The monoisotopic (exact) mass is 498 g/mol. The number of carbonyl (C=O) groups excluding carboxylic acids is 1. The van der Waals surface area contributed by atoms with E-state index >= 15 is 0 Å². The molecule has 7 heteroatoms. The van der Waals surface area contributed by atoms with Crippen LogP contribution in [0.2, 0.25) is 0 Å². The van der Waals surface area contributed by atoms with Crippen LogP contribution in [0.5, 0.6) is 0 Å². The van der Waals surface area contributed by atoms with Gasteiger partial charge in [0.25, 0.3) is 5.91 Å². The number of oxime groups is 1. The van der Waals surface area contributed by atoms with E-state index in [1.165, 1.54) is 5.57 Å². The Bertz CT molecular complexity index is 996. The molecular weight excluding hydrogens is 456 g/mol. The Hall–Kier alpha value is -2.33. The molecule has 4 aliphatic carbocycles. The lowest BCUT2D eigenvalue weighted by atomic mass is 9.46. The summed E-state index contributed by atoms with van der Waals surface area (Å²) in [5, 5.41) is 27.2. The van der Waals surface area contributed by atoms with Gasteiger partial charge in [0.15, 0.2) is 6.61 Å². The van der Waals surface area contributed by atoms with Crippen molar-refractivity contribution in [2.75, 3.05) is 6.61 Å². The van der Waals surface area contributed by atoms with Gasteiger partial charge >= 0.3 is 5.97 Å². The van der Waals surface area contributed by atoms with E-state index in [9.17, 15) is 19.8 Å². The average molecular weight is 499 g/mol. The third-order valence-corrected chi connectivity index (χ3v) is 10.1. The maximum atomic E-state index is 12.2. The van der Waals surface area contributed by atoms with Gasteiger partial charge < -0.3 is 20.4 Å². The second-order valence-corrected chi connectivity index (χ2v) is 12.4. The molecule has 198 valence electrons. The Morgan fingerprint density at radius 2 is 1.92 bits per heavy atom. The molecule has 3 N–H and O–H groups in total. The second-order valence-electron chi connectivity index (χ2n) is 12.4. The lowest BCUT2D eigenvalue weighted by Crippen LogP contribution is -2.54. The minimum absolute atomic E-state index is 0.114. The molecule has 0 aromatic carbocycles. The standard InChI is InChI=1S/C29H42N2O5/c1-6-29(35)14-11-23-21-8-7-19-16-20(9-12-27(19,4)22(21)10-13-28(23,29)5)31-36-17-25(32)30-24(26(33)34)15-18(2)3/h1,16,18,21-24,35H,7-15,17H2,2-5H3,(H,30,32)(H,33,34)/b31-20+/t21-,22+,23+,24+,27+,28+,29-/m1/s1. The lowest BCUT2D eigenvalue weighted by Gasteiger charge is -2.58. The van der Waals surface area contributed by atoms with Crippen LogP contribution in [-0.2, 0) is 14.4 Å². The predicted octanol–water partition coefficient (Wildman–Crippen LogP) is 4.30. The third-order valence-electron chi connectivity index (χ3n) is 10.1. The number of allylic oxidation sites excluding steroid dienone is 2. The Balaban J connectivity index is 1.39. The average Bonchev–Trinajstić information content (AvgIpc) is 3.09. The zero-order valence-electron chi connectivity index (χ0n) is 22.2. The fraction of sp³-hybridized carbons (Fsp3) is 0.759. The molecule has 0 aromatic rings. The summed E-state index contributed by atoms with van der Waals surface area (Å²) in [6.45, 7) is 8.15. The quantitative estimate of drug-likeness (QED) is 0.358. The minimum Gasteiger partial charge on any atom is -0.480 e. The Morgan fingerprint density at radius 1 is 1.19 bits per heavy atom. The van der Waals surface area contributed by atoms with Crippen LogP contribution in [0.15, 0.2) is 16.8 Å². The number of nitrogens with one attached hydrogen (secondary N) is 1. The molecule has 0 aliphatic heterocycles. The van der Waals surface area contributed by atoms with Crippen molar-refractivity contribution in [2.45, 2.75) is 97.1 Å². The molecular formula is C29H42N2O5. The van der Waals surface area contributed by atoms with Crippen molar-refractivity contribution >= 4 is 17.6 Å². The van der Waals surface area contributed by atoms with E-state index in [1.807, 2.05) is 13.8 Å². The lowest BCUT2D eigenvalue weighted by molar-refractivity contribution is -0.143. The van der Waals surface area contributed by atoms with E-state index in [4.69, 9.17) is 11.3 Å². The van der Waals surface area contributed by atoms with Gasteiger partial charge in [-0.3, -0.25) is 4.79 Å². The molecule has 0 radical (unpaired) electrons. The highest BCUT2D eigenvalue weighted by molar-refractivity contribution is 5.96. The summed E-state index contributed by atoms with van der Waals surface area (Å²) in [7, 11) is 0. The zero-order valence-corrected chi connectivity index (χ0v) is 22.2. The Morgan fingerprint density at radius 3 is 2.58 bits per heavy atom. The molecule has 7 atom stereocenters. The molecule has 0 spiro atoms. The molecule has 36 heavy (non-hydrogen) atoms. The predicted molar refractivity (Wildman–Crippen MR) is 138 cm³/mol. The fourth-order valence-corrected chi connectivity index (χ4v) is 8.00. The first-order chi connectivity index (χ1) is 16.9. The molecule has 0 heterocycles. The number of hydrogen-bond acceptors (Lipinski definition) is 5. The van der Waals surface area contributed by atoms with Gasteiger partial charge in [0.1, 0.15) is 11.6 Å². The molecule has 4 rings (SSSR count). The van der Waals surface area contributed by atoms with Crippen LogP contribution in [0.4, 0.5) is 0 Å². The van der Waals surface area contributed by atoms with Crippen LogP contribution in [0.25, 0.3) is 0 Å². The van der Waals surface area contributed by atoms with E-state index in [0.29, 0.717) is 30.6 Å². The van der Waals surface area contributed by atoms with Gasteiger partial charge in [-0.2, -0.15) is 0 Å². The van der Waals surface area contributed by atoms with E-state index < -0.39 is 23.5 Å². The summed E-state index contributed by atoms with van der Waals surface area (Å²) in [6.07, 6.45) is 16.0. The summed E-state index contributed by atoms with van der Waals surface area (Å²) in [5.41, 5.74) is 1.20. The van der Waals surface area contributed by atoms with Crippen LogP contribution < -0.4 is 5.32 Å². The zero-order chi connectivity index (χ0) is 26.3. The highest BCUT2D eigenvalue weighted by Crippen LogP contribution is 2.67. The summed E-state index contributed by atoms with van der Waals surface area (Å²) < 4.78 is 0. The van der Waals surface area contributed by atoms with Crippen molar-refractivity contribution in [1.82, 2.24) is 5.32 Å². The van der Waals surface area contributed by atoms with Crippen molar-refractivity contribution in [3.05, 3.63) is 11.6 Å². The number of aliphatic carboxylic acids is 1. The number of carboxylic acid groups (broad SMARTS) is 1. The maximum absolute atomic E-state index is 12.2. The molecule has 0 aromatic heterocycles. The van der Waals surface area contributed by atoms with Crippen molar-refractivity contribution in [3.63, 3.8) is 0 Å². The molecule has 3 saturated carbocycles. The number of fused-ring (bicyclic) bond motifs is 5. The van der Waals surface area contributed by atoms with Gasteiger partial charge in [0.05, 0.1) is 5.71 Å². The summed E-state index contributed by atoms with van der Waals surface area (Å²) in [5.74, 6) is 3.03. The van der Waals surface area contributed by atoms with Crippen LogP contribution in [0.3, 0.4) is 0 Å². The van der Waals surface area contributed by atoms with E-state index in [2.05, 4.69) is 36.3 Å². The number of nitrogens with zero attached hydrogens (tertiary/aromatic N) is 1. The van der Waals surface area contributed by atoms with Crippen LogP contribution in [0.1, 0.15) is 85.5 Å². The van der Waals surface area contributed by atoms with Crippen molar-refractivity contribution < 1.29 is 24.6 Å². The molecule has 0 bridgehead atoms. The first-order valence-electron chi connectivity index (χ1n) is 13.6. The number of terminal acetylenes is 1. The largest absolute Gasteiger partial charge is 0.480 e. The SMILES string of the molecule is C#C[C@@]1(O)CC[C@H]2[C@@H]3CCC4=C/C(=N/OCC(=O)N[C@@H](CC(C)C)C(=O)O)CC[C@]4(C)[C@H]3CC[C@@]21C. The normalized spacial score (nSPS) is 39.3. The van der Waals surface area contributed by atoms with Gasteiger partial charge in [0, 0.05) is 5.41 Å². The van der Waals surface area contributed by atoms with Crippen molar-refractivity contribution in [2.24, 2.45) is 39.7 Å². The first-order valence-corrected chi connectivity index (χ1v) is 13.6. The van der Waals surface area contributed by atoms with Gasteiger partial charge in [-0.25, -0.2) is 4.79 Å². The molecule has 3 fully saturated rings. The number of carbonyl (C=O) groups is 2. The summed E-state index contributed by atoms with van der Waals surface area (Å²) in [4.78, 5) is 28.9. The number of hydrogen-bond donors (Lipinski definition) is 3. The first kappa shape index (κ1) is 26.7. The van der Waals surface area contributed by atoms with Gasteiger partial charge in [-0.05, 0) is 93.0 Å². The number of rotatable bonds is 7. The molecule has 1 amide bonds. The molecule has 7 nitrogen and oxygen atoms in total. The number of carboxylic acids is 1. The fourth-order valence-electron chi connectivity index (χ4n) is 8.00. The van der Waals surface area contributed by atoms with Crippen LogP contribution in [-0.4, -0.2) is 46.1 Å². The second kappa shape index (κ2) is 9.85. The highest BCUT2D eigenvalue weighted by atomic mass is 16.6. The smallest absolute Gasteiger partial charge is 0.326 e. The number of aliphatic hydroxyl groups is 1. The van der Waals surface area contributed by atoms with Crippen LogP contribution >= 0.6 is 0 Å². The van der Waals surface area contributed by atoms with Crippen molar-refractivity contribution in [1.29, 1.82) is 0 Å². The molecule has 4 aliphatic rings. The van der Waals surface area contributed by atoms with E-state index in [-0.39, 0.29) is 23.4 Å². The Labute approximate surface area is 215 Å². The van der Waals surface area contributed by atoms with Gasteiger partial charge in [-0.15, -0.1) is 6.42 Å². The van der Waals surface area contributed by atoms with Crippen LogP contribution in [0, 0.1) is 46.8 Å². The minimum atomic E-state index is -1.04. The third kappa shape index (κ3) is 4.58. The Kier molecular flexibility index (Phi) is 7.31. The van der Waals surface area contributed by atoms with Gasteiger partial charge in [0.2, 0.25) is 0 Å². The van der Waals surface area contributed by atoms with Crippen molar-refractivity contribution in [3.8, 4) is 12.3 Å². The topological polar surface area (TPSA) is 108 Å². The summed E-state index contributed by atoms with van der Waals surface area (Å²) in [6, 6.07) is -0.921. The molecule has 0 unspecified atom stereocenters. The van der Waals surface area contributed by atoms with E-state index in [0.717, 1.165) is 50.7 Å². The summed E-state index contributed by atoms with van der Waals surface area (Å²) >= 11 is 0. The maximum Gasteiger partial charge on any atom is 0.326 e.